The fourth-order valence-electron chi connectivity index (χ4n) is 2.93. The van der Waals surface area contributed by atoms with Gasteiger partial charge < -0.3 is 10.6 Å². The summed E-state index contributed by atoms with van der Waals surface area (Å²) in [6.45, 7) is 4.07. The number of carbonyl (C=O) groups excluding carboxylic acids is 2. The van der Waals surface area contributed by atoms with Crippen molar-refractivity contribution in [2.75, 3.05) is 10.6 Å². The molecule has 146 valence electrons. The normalized spacial score (nSPS) is 11.0. The summed E-state index contributed by atoms with van der Waals surface area (Å²) in [6.07, 6.45) is 3.35. The molecule has 0 bridgehead atoms. The Morgan fingerprint density at radius 2 is 1.83 bits per heavy atom. The Bertz CT molecular complexity index is 1180. The molecular weight excluding hydrogens is 386 g/mol. The van der Waals surface area contributed by atoms with Crippen molar-refractivity contribution in [3.05, 3.63) is 70.7 Å². The molecule has 3 heterocycles. The molecular formula is C21H19N5O2S. The van der Waals surface area contributed by atoms with E-state index < -0.39 is 0 Å². The first-order chi connectivity index (χ1) is 14.0. The zero-order valence-corrected chi connectivity index (χ0v) is 16.7. The number of nitrogens with zero attached hydrogens (tertiary/aromatic N) is 3. The Morgan fingerprint density at radius 1 is 1.00 bits per heavy atom. The van der Waals surface area contributed by atoms with E-state index in [4.69, 9.17) is 0 Å². The lowest BCUT2D eigenvalue weighted by Gasteiger charge is -2.09. The standard InChI is InChI=1S/C21H19N5O2S/c1-13(2)26-19-15(11-23-26)10-17(12-22-19)25-20(27)14-5-3-6-16(9-14)24-21(28)18-7-4-8-29-18/h3-13H,1-2H3,(H,24,28)(H,25,27). The van der Waals surface area contributed by atoms with Crippen molar-refractivity contribution < 1.29 is 9.59 Å². The van der Waals surface area contributed by atoms with Crippen molar-refractivity contribution >= 4 is 45.6 Å². The fraction of sp³-hybridized carbons (Fsp3) is 0.143. The Labute approximate surface area is 171 Å². The van der Waals surface area contributed by atoms with E-state index in [9.17, 15) is 9.59 Å². The Kier molecular flexibility index (Phi) is 5.09. The van der Waals surface area contributed by atoms with Gasteiger partial charge in [0.2, 0.25) is 0 Å². The molecule has 3 aromatic heterocycles. The van der Waals surface area contributed by atoms with E-state index in [2.05, 4.69) is 20.7 Å². The highest BCUT2D eigenvalue weighted by Crippen LogP contribution is 2.20. The lowest BCUT2D eigenvalue weighted by atomic mass is 10.2. The van der Waals surface area contributed by atoms with Crippen LogP contribution in [-0.2, 0) is 0 Å². The summed E-state index contributed by atoms with van der Waals surface area (Å²) in [6, 6.07) is 12.4. The van der Waals surface area contributed by atoms with Crippen LogP contribution in [0, 0.1) is 0 Å². The van der Waals surface area contributed by atoms with Gasteiger partial charge in [0.1, 0.15) is 0 Å². The molecule has 0 radical (unpaired) electrons. The van der Waals surface area contributed by atoms with Crippen molar-refractivity contribution in [3.8, 4) is 0 Å². The van der Waals surface area contributed by atoms with E-state index in [-0.39, 0.29) is 17.9 Å². The Balaban J connectivity index is 1.50. The third-order valence-corrected chi connectivity index (χ3v) is 5.18. The molecule has 0 aliphatic heterocycles. The van der Waals surface area contributed by atoms with E-state index in [1.165, 1.54) is 11.3 Å². The van der Waals surface area contributed by atoms with Gasteiger partial charge in [0, 0.05) is 22.7 Å². The van der Waals surface area contributed by atoms with Gasteiger partial charge in [-0.25, -0.2) is 9.67 Å². The van der Waals surface area contributed by atoms with Crippen LogP contribution in [0.5, 0.6) is 0 Å². The third-order valence-electron chi connectivity index (χ3n) is 4.31. The largest absolute Gasteiger partial charge is 0.321 e. The van der Waals surface area contributed by atoms with Crippen LogP contribution in [0.25, 0.3) is 11.0 Å². The number of aromatic nitrogens is 3. The van der Waals surface area contributed by atoms with Crippen molar-refractivity contribution in [1.29, 1.82) is 0 Å². The molecule has 1 aromatic carbocycles. The Hall–Kier alpha value is -3.52. The number of pyridine rings is 1. The minimum absolute atomic E-state index is 0.200. The number of carbonyl (C=O) groups is 2. The highest BCUT2D eigenvalue weighted by molar-refractivity contribution is 7.12. The van der Waals surface area contributed by atoms with E-state index in [1.807, 2.05) is 36.0 Å². The van der Waals surface area contributed by atoms with Gasteiger partial charge in [-0.05, 0) is 49.6 Å². The average molecular weight is 405 g/mol. The van der Waals surface area contributed by atoms with E-state index in [0.717, 1.165) is 11.0 Å². The topological polar surface area (TPSA) is 88.9 Å². The highest BCUT2D eigenvalue weighted by atomic mass is 32.1. The highest BCUT2D eigenvalue weighted by Gasteiger charge is 2.12. The van der Waals surface area contributed by atoms with Gasteiger partial charge in [-0.3, -0.25) is 9.59 Å². The molecule has 8 heteroatoms. The lowest BCUT2D eigenvalue weighted by Crippen LogP contribution is -2.14. The SMILES string of the molecule is CC(C)n1ncc2cc(NC(=O)c3cccc(NC(=O)c4cccs4)c3)cnc21. The molecule has 0 aliphatic carbocycles. The number of benzene rings is 1. The summed E-state index contributed by atoms with van der Waals surface area (Å²) in [7, 11) is 0. The molecule has 0 saturated carbocycles. The minimum Gasteiger partial charge on any atom is -0.321 e. The summed E-state index contributed by atoms with van der Waals surface area (Å²) in [5.74, 6) is -0.482. The molecule has 0 saturated heterocycles. The predicted octanol–water partition coefficient (Wildman–Crippen LogP) is 4.58. The second kappa shape index (κ2) is 7.84. The van der Waals surface area contributed by atoms with E-state index >= 15 is 0 Å². The summed E-state index contributed by atoms with van der Waals surface area (Å²) in [5, 5.41) is 12.7. The number of nitrogens with one attached hydrogen (secondary N) is 2. The van der Waals surface area contributed by atoms with Gasteiger partial charge in [-0.1, -0.05) is 12.1 Å². The molecule has 4 aromatic rings. The van der Waals surface area contributed by atoms with Crippen molar-refractivity contribution in [1.82, 2.24) is 14.8 Å². The molecule has 29 heavy (non-hydrogen) atoms. The molecule has 0 fully saturated rings. The molecule has 0 atom stereocenters. The van der Waals surface area contributed by atoms with Crippen LogP contribution in [0.2, 0.25) is 0 Å². The molecule has 7 nitrogen and oxygen atoms in total. The molecule has 0 aliphatic rings. The molecule has 2 N–H and O–H groups in total. The first-order valence-corrected chi connectivity index (χ1v) is 9.99. The summed E-state index contributed by atoms with van der Waals surface area (Å²) in [4.78, 5) is 29.9. The van der Waals surface area contributed by atoms with Crippen molar-refractivity contribution in [2.45, 2.75) is 19.9 Å². The van der Waals surface area contributed by atoms with Crippen LogP contribution in [0.1, 0.15) is 39.9 Å². The zero-order chi connectivity index (χ0) is 20.4. The van der Waals surface area contributed by atoms with Crippen LogP contribution in [0.3, 0.4) is 0 Å². The van der Waals surface area contributed by atoms with Gasteiger partial charge >= 0.3 is 0 Å². The monoisotopic (exact) mass is 405 g/mol. The van der Waals surface area contributed by atoms with Gasteiger partial charge in [-0.2, -0.15) is 5.10 Å². The van der Waals surface area contributed by atoms with Crippen LogP contribution < -0.4 is 10.6 Å². The van der Waals surface area contributed by atoms with Crippen molar-refractivity contribution in [2.24, 2.45) is 0 Å². The zero-order valence-electron chi connectivity index (χ0n) is 15.9. The van der Waals surface area contributed by atoms with Gasteiger partial charge in [0.05, 0.1) is 23.0 Å². The number of anilines is 2. The molecule has 4 rings (SSSR count). The fourth-order valence-corrected chi connectivity index (χ4v) is 3.55. The molecule has 0 spiro atoms. The number of rotatable bonds is 5. The first kappa shape index (κ1) is 18.8. The van der Waals surface area contributed by atoms with Gasteiger partial charge in [-0.15, -0.1) is 11.3 Å². The lowest BCUT2D eigenvalue weighted by molar-refractivity contribution is 0.101. The van der Waals surface area contributed by atoms with Crippen LogP contribution >= 0.6 is 11.3 Å². The molecule has 0 unspecified atom stereocenters. The van der Waals surface area contributed by atoms with E-state index in [1.54, 1.807) is 42.7 Å². The number of hydrogen-bond donors (Lipinski definition) is 2. The van der Waals surface area contributed by atoms with Crippen LogP contribution in [0.15, 0.2) is 60.2 Å². The summed E-state index contributed by atoms with van der Waals surface area (Å²) < 4.78 is 1.83. The van der Waals surface area contributed by atoms with Gasteiger partial charge in [0.25, 0.3) is 11.8 Å². The second-order valence-corrected chi connectivity index (χ2v) is 7.73. The second-order valence-electron chi connectivity index (χ2n) is 6.79. The average Bonchev–Trinajstić information content (AvgIpc) is 3.38. The quantitative estimate of drug-likeness (QED) is 0.509. The number of hydrogen-bond acceptors (Lipinski definition) is 5. The number of amides is 2. The minimum atomic E-state index is -0.283. The van der Waals surface area contributed by atoms with Gasteiger partial charge in [0.15, 0.2) is 5.65 Å². The van der Waals surface area contributed by atoms with Crippen LogP contribution in [-0.4, -0.2) is 26.6 Å². The summed E-state index contributed by atoms with van der Waals surface area (Å²) >= 11 is 1.36. The smallest absolute Gasteiger partial charge is 0.265 e. The van der Waals surface area contributed by atoms with E-state index in [0.29, 0.717) is 21.8 Å². The first-order valence-electron chi connectivity index (χ1n) is 9.11. The Morgan fingerprint density at radius 3 is 2.59 bits per heavy atom. The van der Waals surface area contributed by atoms with Crippen LogP contribution in [0.4, 0.5) is 11.4 Å². The van der Waals surface area contributed by atoms with Crippen molar-refractivity contribution in [3.63, 3.8) is 0 Å². The predicted molar refractivity (Wildman–Crippen MR) is 115 cm³/mol. The maximum atomic E-state index is 12.7. The number of thiophene rings is 1. The third kappa shape index (κ3) is 4.02. The summed E-state index contributed by atoms with van der Waals surface area (Å²) in [5.41, 5.74) is 2.35. The number of fused-ring (bicyclic) bond motifs is 1. The molecule has 2 amide bonds. The maximum absolute atomic E-state index is 12.7. The maximum Gasteiger partial charge on any atom is 0.265 e.